The molecule has 0 amide bonds. The van der Waals surface area contributed by atoms with Crippen LogP contribution in [0.1, 0.15) is 12.8 Å². The number of aromatic amines is 1. The van der Waals surface area contributed by atoms with Crippen LogP contribution in [0.15, 0.2) is 36.8 Å². The van der Waals surface area contributed by atoms with Crippen molar-refractivity contribution in [2.45, 2.75) is 12.8 Å². The van der Waals surface area contributed by atoms with Gasteiger partial charge in [0.25, 0.3) is 0 Å². The van der Waals surface area contributed by atoms with E-state index in [4.69, 9.17) is 4.98 Å². The zero-order chi connectivity index (χ0) is 13.4. The summed E-state index contributed by atoms with van der Waals surface area (Å²) in [5, 5.41) is 1.10. The van der Waals surface area contributed by atoms with Crippen molar-refractivity contribution >= 4 is 16.9 Å². The predicted octanol–water partition coefficient (Wildman–Crippen LogP) is 2.62. The van der Waals surface area contributed by atoms with Crippen LogP contribution >= 0.6 is 0 Å². The van der Waals surface area contributed by atoms with Crippen LogP contribution in [-0.2, 0) is 0 Å². The Balaban J connectivity index is 1.90. The summed E-state index contributed by atoms with van der Waals surface area (Å²) >= 11 is 0. The van der Waals surface area contributed by atoms with Crippen molar-refractivity contribution in [2.24, 2.45) is 0 Å². The Labute approximate surface area is 116 Å². The second-order valence-electron chi connectivity index (χ2n) is 5.04. The first-order valence-corrected chi connectivity index (χ1v) is 6.92. The summed E-state index contributed by atoms with van der Waals surface area (Å²) in [7, 11) is 0. The molecule has 0 bridgehead atoms. The van der Waals surface area contributed by atoms with Crippen LogP contribution in [0.4, 0.5) is 5.82 Å². The number of nitrogens with one attached hydrogen (secondary N) is 1. The van der Waals surface area contributed by atoms with Crippen LogP contribution < -0.4 is 4.90 Å². The second-order valence-corrected chi connectivity index (χ2v) is 5.04. The lowest BCUT2D eigenvalue weighted by molar-refractivity contribution is 0.941. The molecule has 100 valence electrons. The molecule has 1 fully saturated rings. The third-order valence-electron chi connectivity index (χ3n) is 3.74. The minimum absolute atomic E-state index is 0.754. The van der Waals surface area contributed by atoms with Crippen molar-refractivity contribution in [2.75, 3.05) is 18.0 Å². The number of nitrogens with zero attached hydrogens (tertiary/aromatic N) is 4. The van der Waals surface area contributed by atoms with E-state index in [-0.39, 0.29) is 0 Å². The predicted molar refractivity (Wildman–Crippen MR) is 78.6 cm³/mol. The van der Waals surface area contributed by atoms with Gasteiger partial charge < -0.3 is 9.88 Å². The summed E-state index contributed by atoms with van der Waals surface area (Å²) in [6, 6.07) is 5.94. The summed E-state index contributed by atoms with van der Waals surface area (Å²) in [6.45, 7) is 2.15. The lowest BCUT2D eigenvalue weighted by atomic mass is 10.2. The Morgan fingerprint density at radius 1 is 1.00 bits per heavy atom. The van der Waals surface area contributed by atoms with Crippen LogP contribution in [0.3, 0.4) is 0 Å². The van der Waals surface area contributed by atoms with Gasteiger partial charge in [0.2, 0.25) is 0 Å². The van der Waals surface area contributed by atoms with Crippen LogP contribution in [0, 0.1) is 0 Å². The largest absolute Gasteiger partial charge is 0.356 e. The maximum Gasteiger partial charge on any atom is 0.164 e. The average molecular weight is 265 g/mol. The number of anilines is 1. The van der Waals surface area contributed by atoms with Gasteiger partial charge in [0.1, 0.15) is 11.5 Å². The average Bonchev–Trinajstić information content (AvgIpc) is 3.18. The van der Waals surface area contributed by atoms with Gasteiger partial charge in [0, 0.05) is 37.2 Å². The highest BCUT2D eigenvalue weighted by atomic mass is 15.2. The van der Waals surface area contributed by atoms with E-state index in [1.165, 1.54) is 12.8 Å². The van der Waals surface area contributed by atoms with Crippen LogP contribution in [0.25, 0.3) is 22.4 Å². The number of pyridine rings is 1. The molecular formula is C15H15N5. The number of rotatable bonds is 2. The van der Waals surface area contributed by atoms with Crippen molar-refractivity contribution in [3.63, 3.8) is 0 Å². The second kappa shape index (κ2) is 4.59. The smallest absolute Gasteiger partial charge is 0.164 e. The fourth-order valence-electron chi connectivity index (χ4n) is 2.73. The Morgan fingerprint density at radius 2 is 1.80 bits per heavy atom. The Morgan fingerprint density at radius 3 is 2.60 bits per heavy atom. The minimum atomic E-state index is 0.754. The number of hydrogen-bond donors (Lipinski definition) is 1. The Bertz CT molecular complexity index is 728. The standard InChI is InChI=1S/C15H15N5/c1-2-10-20(9-1)15-12-5-8-17-14(12)18-13(19-15)11-3-6-16-7-4-11/h3-8H,1-2,9-10H2,(H,17,18,19). The number of fused-ring (bicyclic) bond motifs is 1. The fourth-order valence-corrected chi connectivity index (χ4v) is 2.73. The molecule has 5 nitrogen and oxygen atoms in total. The van der Waals surface area contributed by atoms with E-state index in [0.717, 1.165) is 41.3 Å². The van der Waals surface area contributed by atoms with Gasteiger partial charge in [-0.1, -0.05) is 0 Å². The molecule has 0 aliphatic carbocycles. The zero-order valence-corrected chi connectivity index (χ0v) is 11.1. The van der Waals surface area contributed by atoms with Gasteiger partial charge >= 0.3 is 0 Å². The Kier molecular flexibility index (Phi) is 2.62. The highest BCUT2D eigenvalue weighted by Gasteiger charge is 2.18. The first kappa shape index (κ1) is 11.4. The molecule has 1 aliphatic heterocycles. The summed E-state index contributed by atoms with van der Waals surface area (Å²) in [5.41, 5.74) is 1.89. The van der Waals surface area contributed by atoms with Gasteiger partial charge in [-0.3, -0.25) is 4.98 Å². The lowest BCUT2D eigenvalue weighted by Crippen LogP contribution is -2.19. The topological polar surface area (TPSA) is 57.7 Å². The van der Waals surface area contributed by atoms with E-state index in [1.54, 1.807) is 12.4 Å². The molecule has 1 saturated heterocycles. The first-order chi connectivity index (χ1) is 9.92. The highest BCUT2D eigenvalue weighted by Crippen LogP contribution is 2.28. The third-order valence-corrected chi connectivity index (χ3v) is 3.74. The van der Waals surface area contributed by atoms with Gasteiger partial charge in [-0.25, -0.2) is 9.97 Å². The van der Waals surface area contributed by atoms with E-state index in [0.29, 0.717) is 0 Å². The summed E-state index contributed by atoms with van der Waals surface area (Å²) < 4.78 is 0. The summed E-state index contributed by atoms with van der Waals surface area (Å²) in [6.07, 6.45) is 7.94. The van der Waals surface area contributed by atoms with E-state index in [9.17, 15) is 0 Å². The highest BCUT2D eigenvalue weighted by molar-refractivity contribution is 5.89. The van der Waals surface area contributed by atoms with Crippen LogP contribution in [0.2, 0.25) is 0 Å². The number of hydrogen-bond acceptors (Lipinski definition) is 4. The molecule has 0 spiro atoms. The monoisotopic (exact) mass is 265 g/mol. The van der Waals surface area contributed by atoms with Gasteiger partial charge in [-0.05, 0) is 31.0 Å². The molecule has 5 heteroatoms. The van der Waals surface area contributed by atoms with E-state index in [1.807, 2.05) is 18.3 Å². The molecule has 0 saturated carbocycles. The van der Waals surface area contributed by atoms with Crippen molar-refractivity contribution in [3.8, 4) is 11.4 Å². The van der Waals surface area contributed by atoms with E-state index in [2.05, 4.69) is 25.9 Å². The molecule has 4 rings (SSSR count). The van der Waals surface area contributed by atoms with Gasteiger partial charge in [0.05, 0.1) is 5.39 Å². The normalized spacial score (nSPS) is 15.1. The van der Waals surface area contributed by atoms with Gasteiger partial charge in [-0.2, -0.15) is 0 Å². The molecule has 4 heterocycles. The third kappa shape index (κ3) is 1.82. The van der Waals surface area contributed by atoms with E-state index >= 15 is 0 Å². The minimum Gasteiger partial charge on any atom is -0.356 e. The first-order valence-electron chi connectivity index (χ1n) is 6.92. The summed E-state index contributed by atoms with van der Waals surface area (Å²) in [4.78, 5) is 19.0. The van der Waals surface area contributed by atoms with Crippen molar-refractivity contribution < 1.29 is 0 Å². The zero-order valence-electron chi connectivity index (χ0n) is 11.1. The van der Waals surface area contributed by atoms with Gasteiger partial charge in [0.15, 0.2) is 5.82 Å². The molecule has 0 unspecified atom stereocenters. The van der Waals surface area contributed by atoms with Crippen molar-refractivity contribution in [3.05, 3.63) is 36.8 Å². The molecule has 0 atom stereocenters. The fraction of sp³-hybridized carbons (Fsp3) is 0.267. The molecule has 0 radical (unpaired) electrons. The van der Waals surface area contributed by atoms with Crippen molar-refractivity contribution in [1.29, 1.82) is 0 Å². The quantitative estimate of drug-likeness (QED) is 0.774. The van der Waals surface area contributed by atoms with E-state index < -0.39 is 0 Å². The molecule has 20 heavy (non-hydrogen) atoms. The molecule has 1 N–H and O–H groups in total. The molecule has 0 aromatic carbocycles. The molecule has 3 aromatic rings. The van der Waals surface area contributed by atoms with Crippen LogP contribution in [-0.4, -0.2) is 33.0 Å². The number of aromatic nitrogens is 4. The maximum absolute atomic E-state index is 4.79. The lowest BCUT2D eigenvalue weighted by Gasteiger charge is -2.18. The Hall–Kier alpha value is -2.43. The SMILES string of the molecule is c1cc(-c2nc(N3CCCC3)c3cc[nH]c3n2)ccn1. The summed E-state index contributed by atoms with van der Waals surface area (Å²) in [5.74, 6) is 1.80. The van der Waals surface area contributed by atoms with Crippen LogP contribution in [0.5, 0.6) is 0 Å². The molecular weight excluding hydrogens is 250 g/mol. The molecule has 3 aromatic heterocycles. The van der Waals surface area contributed by atoms with Gasteiger partial charge in [-0.15, -0.1) is 0 Å². The van der Waals surface area contributed by atoms with Crippen molar-refractivity contribution in [1.82, 2.24) is 19.9 Å². The number of H-pyrrole nitrogens is 1. The maximum atomic E-state index is 4.79. The molecule has 1 aliphatic rings.